The first-order chi connectivity index (χ1) is 15.3. The highest BCUT2D eigenvalue weighted by atomic mass is 35.5. The Morgan fingerprint density at radius 1 is 1.16 bits per heavy atom. The fourth-order valence-corrected chi connectivity index (χ4v) is 4.34. The minimum absolute atomic E-state index is 0.0952. The highest BCUT2D eigenvalue weighted by molar-refractivity contribution is 6.33. The second-order valence-corrected chi connectivity index (χ2v) is 9.41. The van der Waals surface area contributed by atoms with Crippen LogP contribution in [0.1, 0.15) is 56.3 Å². The molecule has 2 aromatic rings. The fraction of sp³-hybridized carbons (Fsp3) is 0.462. The molecule has 1 aliphatic rings. The van der Waals surface area contributed by atoms with E-state index in [2.05, 4.69) is 18.7 Å². The third-order valence-corrected chi connectivity index (χ3v) is 6.44. The summed E-state index contributed by atoms with van der Waals surface area (Å²) < 4.78 is 0. The van der Waals surface area contributed by atoms with Crippen LogP contribution in [-0.4, -0.2) is 42.3 Å². The number of anilines is 2. The van der Waals surface area contributed by atoms with Gasteiger partial charge < -0.3 is 15.5 Å². The SMILES string of the molecule is CC(C)CCN(c1ccc(N)c(Cl)c1)C1CCN(C(=O)CCCC(=O)c2ccccc2)C1. The molecule has 172 valence electrons. The van der Waals surface area contributed by atoms with Gasteiger partial charge in [-0.2, -0.15) is 0 Å². The van der Waals surface area contributed by atoms with Gasteiger partial charge in [-0.25, -0.2) is 0 Å². The van der Waals surface area contributed by atoms with Gasteiger partial charge in [0.15, 0.2) is 5.78 Å². The Bertz CT molecular complexity index is 917. The second-order valence-electron chi connectivity index (χ2n) is 9.01. The molecule has 1 saturated heterocycles. The highest BCUT2D eigenvalue weighted by Gasteiger charge is 2.30. The zero-order valence-electron chi connectivity index (χ0n) is 19.1. The van der Waals surface area contributed by atoms with E-state index in [0.29, 0.717) is 48.0 Å². The molecular formula is C26H34ClN3O2. The van der Waals surface area contributed by atoms with Crippen molar-refractivity contribution in [3.63, 3.8) is 0 Å². The van der Waals surface area contributed by atoms with Gasteiger partial charge in [-0.05, 0) is 43.4 Å². The number of nitrogens with zero attached hydrogens (tertiary/aromatic N) is 2. The molecule has 0 radical (unpaired) electrons. The minimum Gasteiger partial charge on any atom is -0.398 e. The molecule has 0 saturated carbocycles. The molecule has 1 heterocycles. The summed E-state index contributed by atoms with van der Waals surface area (Å²) in [5.41, 5.74) is 8.25. The van der Waals surface area contributed by atoms with Crippen LogP contribution in [0.5, 0.6) is 0 Å². The van der Waals surface area contributed by atoms with Gasteiger partial charge in [0.2, 0.25) is 5.91 Å². The number of hydrogen-bond donors (Lipinski definition) is 1. The zero-order valence-corrected chi connectivity index (χ0v) is 19.9. The van der Waals surface area contributed by atoms with Crippen LogP contribution >= 0.6 is 11.6 Å². The van der Waals surface area contributed by atoms with Crippen molar-refractivity contribution in [3.05, 3.63) is 59.1 Å². The van der Waals surface area contributed by atoms with Crippen LogP contribution in [0.3, 0.4) is 0 Å². The average Bonchev–Trinajstić information content (AvgIpc) is 3.26. The molecule has 1 amide bonds. The van der Waals surface area contributed by atoms with E-state index in [1.807, 2.05) is 53.4 Å². The van der Waals surface area contributed by atoms with E-state index >= 15 is 0 Å². The molecule has 0 aliphatic carbocycles. The Morgan fingerprint density at radius 3 is 2.59 bits per heavy atom. The summed E-state index contributed by atoms with van der Waals surface area (Å²) in [7, 11) is 0. The Labute approximate surface area is 196 Å². The van der Waals surface area contributed by atoms with E-state index in [0.717, 1.165) is 31.6 Å². The second kappa shape index (κ2) is 11.4. The molecule has 0 spiro atoms. The van der Waals surface area contributed by atoms with Gasteiger partial charge in [-0.1, -0.05) is 55.8 Å². The molecule has 1 fully saturated rings. The zero-order chi connectivity index (χ0) is 23.1. The molecule has 0 bridgehead atoms. The van der Waals surface area contributed by atoms with Gasteiger partial charge in [-0.15, -0.1) is 0 Å². The monoisotopic (exact) mass is 455 g/mol. The van der Waals surface area contributed by atoms with Crippen LogP contribution in [0.4, 0.5) is 11.4 Å². The summed E-state index contributed by atoms with van der Waals surface area (Å²) in [6, 6.07) is 15.3. The van der Waals surface area contributed by atoms with E-state index in [4.69, 9.17) is 17.3 Å². The van der Waals surface area contributed by atoms with Crippen LogP contribution < -0.4 is 10.6 Å². The normalized spacial score (nSPS) is 15.9. The maximum Gasteiger partial charge on any atom is 0.222 e. The Morgan fingerprint density at radius 2 is 1.91 bits per heavy atom. The van der Waals surface area contributed by atoms with E-state index in [1.54, 1.807) is 0 Å². The Hall–Kier alpha value is -2.53. The first-order valence-corrected chi connectivity index (χ1v) is 11.9. The summed E-state index contributed by atoms with van der Waals surface area (Å²) in [5, 5.41) is 0.561. The number of likely N-dealkylation sites (tertiary alicyclic amines) is 1. The standard InChI is InChI=1S/C26H34ClN3O2/c1-19(2)13-16-30(21-11-12-24(28)23(27)17-21)22-14-15-29(18-22)26(32)10-6-9-25(31)20-7-4-3-5-8-20/h3-5,7-8,11-12,17,19,22H,6,9-10,13-16,18,28H2,1-2H3. The first kappa shape index (κ1) is 24.1. The Balaban J connectivity index is 1.56. The minimum atomic E-state index is 0.0952. The molecule has 5 nitrogen and oxygen atoms in total. The van der Waals surface area contributed by atoms with Crippen molar-refractivity contribution in [1.82, 2.24) is 4.90 Å². The predicted molar refractivity (Wildman–Crippen MR) is 132 cm³/mol. The van der Waals surface area contributed by atoms with Crippen LogP contribution in [0, 0.1) is 5.92 Å². The largest absolute Gasteiger partial charge is 0.398 e. The number of carbonyl (C=O) groups is 2. The lowest BCUT2D eigenvalue weighted by Gasteiger charge is -2.32. The van der Waals surface area contributed by atoms with Crippen molar-refractivity contribution < 1.29 is 9.59 Å². The van der Waals surface area contributed by atoms with Crippen LogP contribution in [-0.2, 0) is 4.79 Å². The number of benzene rings is 2. The van der Waals surface area contributed by atoms with Gasteiger partial charge in [-0.3, -0.25) is 9.59 Å². The predicted octanol–water partition coefficient (Wildman–Crippen LogP) is 5.43. The van der Waals surface area contributed by atoms with E-state index in [9.17, 15) is 9.59 Å². The number of halogens is 1. The summed E-state index contributed by atoms with van der Waals surface area (Å²) >= 11 is 6.29. The highest BCUT2D eigenvalue weighted by Crippen LogP contribution is 2.30. The van der Waals surface area contributed by atoms with Gasteiger partial charge in [0, 0.05) is 49.8 Å². The van der Waals surface area contributed by atoms with Gasteiger partial charge >= 0.3 is 0 Å². The summed E-state index contributed by atoms with van der Waals surface area (Å²) in [6.07, 6.45) is 3.38. The van der Waals surface area contributed by atoms with Crippen molar-refractivity contribution in [2.75, 3.05) is 30.3 Å². The number of rotatable bonds is 10. The van der Waals surface area contributed by atoms with Gasteiger partial charge in [0.05, 0.1) is 10.7 Å². The molecule has 1 unspecified atom stereocenters. The first-order valence-electron chi connectivity index (χ1n) is 11.5. The van der Waals surface area contributed by atoms with Crippen molar-refractivity contribution in [2.24, 2.45) is 5.92 Å². The molecular weight excluding hydrogens is 422 g/mol. The smallest absolute Gasteiger partial charge is 0.222 e. The van der Waals surface area contributed by atoms with Crippen LogP contribution in [0.15, 0.2) is 48.5 Å². The number of nitrogen functional groups attached to an aromatic ring is 1. The lowest BCUT2D eigenvalue weighted by Crippen LogP contribution is -2.40. The third kappa shape index (κ3) is 6.49. The molecule has 2 N–H and O–H groups in total. The number of hydrogen-bond acceptors (Lipinski definition) is 4. The number of nitrogens with two attached hydrogens (primary N) is 1. The fourth-order valence-electron chi connectivity index (χ4n) is 4.16. The van der Waals surface area contributed by atoms with Crippen molar-refractivity contribution in [3.8, 4) is 0 Å². The topological polar surface area (TPSA) is 66.6 Å². The lowest BCUT2D eigenvalue weighted by atomic mass is 10.1. The number of carbonyl (C=O) groups excluding carboxylic acids is 2. The molecule has 0 aromatic heterocycles. The van der Waals surface area contributed by atoms with Crippen LogP contribution in [0.25, 0.3) is 0 Å². The van der Waals surface area contributed by atoms with E-state index < -0.39 is 0 Å². The van der Waals surface area contributed by atoms with Gasteiger partial charge in [0.25, 0.3) is 0 Å². The number of ketones is 1. The number of Topliss-reactive ketones (excluding diaryl/α,β-unsaturated/α-hetero) is 1. The van der Waals surface area contributed by atoms with Crippen molar-refractivity contribution in [1.29, 1.82) is 0 Å². The lowest BCUT2D eigenvalue weighted by molar-refractivity contribution is -0.130. The van der Waals surface area contributed by atoms with Crippen molar-refractivity contribution in [2.45, 2.75) is 52.0 Å². The summed E-state index contributed by atoms with van der Waals surface area (Å²) in [4.78, 5) is 29.4. The summed E-state index contributed by atoms with van der Waals surface area (Å²) in [5.74, 6) is 0.813. The van der Waals surface area contributed by atoms with E-state index in [-0.39, 0.29) is 17.7 Å². The molecule has 3 rings (SSSR count). The van der Waals surface area contributed by atoms with Crippen molar-refractivity contribution >= 4 is 34.7 Å². The van der Waals surface area contributed by atoms with Crippen LogP contribution in [0.2, 0.25) is 5.02 Å². The molecule has 2 aromatic carbocycles. The molecule has 1 atom stereocenters. The molecule has 6 heteroatoms. The van der Waals surface area contributed by atoms with Gasteiger partial charge in [0.1, 0.15) is 0 Å². The Kier molecular flexibility index (Phi) is 8.57. The molecule has 32 heavy (non-hydrogen) atoms. The average molecular weight is 456 g/mol. The quantitative estimate of drug-likeness (QED) is 0.383. The maximum atomic E-state index is 12.8. The third-order valence-electron chi connectivity index (χ3n) is 6.11. The summed E-state index contributed by atoms with van der Waals surface area (Å²) in [6.45, 7) is 6.80. The maximum absolute atomic E-state index is 12.8. The van der Waals surface area contributed by atoms with E-state index in [1.165, 1.54) is 0 Å². The molecule has 1 aliphatic heterocycles. The number of amides is 1.